The molecule has 1 aliphatic heterocycles. The predicted molar refractivity (Wildman–Crippen MR) is 61.2 cm³/mol. The van der Waals surface area contributed by atoms with Gasteiger partial charge in [-0.3, -0.25) is 0 Å². The van der Waals surface area contributed by atoms with E-state index in [1.54, 1.807) is 6.07 Å². The summed E-state index contributed by atoms with van der Waals surface area (Å²) in [6.07, 6.45) is 0. The number of hydrogen-bond donors (Lipinski definition) is 1. The highest BCUT2D eigenvalue weighted by Crippen LogP contribution is 2.24. The third-order valence-corrected chi connectivity index (χ3v) is 3.00. The van der Waals surface area contributed by atoms with Gasteiger partial charge in [-0.25, -0.2) is 0 Å². The fourth-order valence-electron chi connectivity index (χ4n) is 1.65. The van der Waals surface area contributed by atoms with E-state index in [0.717, 1.165) is 18.8 Å². The van der Waals surface area contributed by atoms with Crippen LogP contribution in [0.25, 0.3) is 0 Å². The van der Waals surface area contributed by atoms with Crippen LogP contribution in [0.5, 0.6) is 0 Å². The van der Waals surface area contributed by atoms with E-state index in [1.165, 1.54) is 0 Å². The second-order valence-corrected chi connectivity index (χ2v) is 4.13. The molecular formula is C11H12ClN3. The number of benzene rings is 1. The number of nitriles is 1. The second-order valence-electron chi connectivity index (χ2n) is 3.70. The molecule has 1 saturated heterocycles. The molecule has 0 saturated carbocycles. The Hall–Kier alpha value is -1.24. The summed E-state index contributed by atoms with van der Waals surface area (Å²) in [5.41, 5.74) is 1.59. The van der Waals surface area contributed by atoms with Crippen LogP contribution >= 0.6 is 11.6 Å². The molecule has 3 nitrogen and oxygen atoms in total. The molecule has 0 amide bonds. The molecule has 2 rings (SSSR count). The minimum absolute atomic E-state index is 0.485. The molecule has 0 unspecified atom stereocenters. The van der Waals surface area contributed by atoms with E-state index in [9.17, 15) is 0 Å². The molecule has 1 aromatic carbocycles. The minimum atomic E-state index is 0.485. The lowest BCUT2D eigenvalue weighted by Gasteiger charge is -2.37. The van der Waals surface area contributed by atoms with Crippen LogP contribution in [0.15, 0.2) is 18.2 Å². The highest BCUT2D eigenvalue weighted by atomic mass is 35.5. The number of anilines is 1. The molecule has 15 heavy (non-hydrogen) atoms. The average Bonchev–Trinajstić information content (AvgIpc) is 2.14. The quantitative estimate of drug-likeness (QED) is 0.825. The Bertz CT molecular complexity index is 407. The summed E-state index contributed by atoms with van der Waals surface area (Å²) in [7, 11) is 2.01. The van der Waals surface area contributed by atoms with Crippen molar-refractivity contribution in [3.05, 3.63) is 28.8 Å². The van der Waals surface area contributed by atoms with Gasteiger partial charge in [0.1, 0.15) is 6.07 Å². The monoisotopic (exact) mass is 221 g/mol. The van der Waals surface area contributed by atoms with E-state index >= 15 is 0 Å². The molecule has 78 valence electrons. The van der Waals surface area contributed by atoms with Crippen molar-refractivity contribution in [2.24, 2.45) is 0 Å². The maximum Gasteiger partial charge on any atom is 0.101 e. The van der Waals surface area contributed by atoms with Crippen molar-refractivity contribution in [3.8, 4) is 6.07 Å². The smallest absolute Gasteiger partial charge is 0.101 e. The molecule has 4 heteroatoms. The van der Waals surface area contributed by atoms with Crippen molar-refractivity contribution >= 4 is 17.3 Å². The fraction of sp³-hybridized carbons (Fsp3) is 0.364. The Kier molecular flexibility index (Phi) is 2.81. The van der Waals surface area contributed by atoms with Gasteiger partial charge in [-0.2, -0.15) is 5.26 Å². The first kappa shape index (κ1) is 10.3. The van der Waals surface area contributed by atoms with E-state index in [4.69, 9.17) is 16.9 Å². The lowest BCUT2D eigenvalue weighted by molar-refractivity contribution is 0.428. The topological polar surface area (TPSA) is 39.1 Å². The van der Waals surface area contributed by atoms with Crippen LogP contribution in [-0.2, 0) is 0 Å². The number of hydrogen-bond acceptors (Lipinski definition) is 3. The Morgan fingerprint density at radius 1 is 1.53 bits per heavy atom. The number of nitrogens with one attached hydrogen (secondary N) is 1. The van der Waals surface area contributed by atoms with E-state index < -0.39 is 0 Å². The van der Waals surface area contributed by atoms with Gasteiger partial charge in [0.15, 0.2) is 0 Å². The SMILES string of the molecule is CN(c1ccc(Cl)cc1C#N)C1CNC1. The number of likely N-dealkylation sites (N-methyl/N-ethyl adjacent to an activating group) is 1. The lowest BCUT2D eigenvalue weighted by atomic mass is 10.1. The van der Waals surface area contributed by atoms with Crippen LogP contribution < -0.4 is 10.2 Å². The van der Waals surface area contributed by atoms with Gasteiger partial charge in [-0.05, 0) is 18.2 Å². The summed E-state index contributed by atoms with van der Waals surface area (Å²) < 4.78 is 0. The number of halogens is 1. The molecule has 0 atom stereocenters. The van der Waals surface area contributed by atoms with E-state index in [-0.39, 0.29) is 0 Å². The zero-order valence-corrected chi connectivity index (χ0v) is 9.25. The van der Waals surface area contributed by atoms with Gasteiger partial charge >= 0.3 is 0 Å². The molecule has 0 spiro atoms. The summed E-state index contributed by atoms with van der Waals surface area (Å²) >= 11 is 5.85. The van der Waals surface area contributed by atoms with Gasteiger partial charge in [-0.1, -0.05) is 11.6 Å². The van der Waals surface area contributed by atoms with Crippen LogP contribution in [0, 0.1) is 11.3 Å². The minimum Gasteiger partial charge on any atom is -0.368 e. The van der Waals surface area contributed by atoms with Gasteiger partial charge in [0.25, 0.3) is 0 Å². The zero-order chi connectivity index (χ0) is 10.8. The van der Waals surface area contributed by atoms with Crippen molar-refractivity contribution in [3.63, 3.8) is 0 Å². The average molecular weight is 222 g/mol. The summed E-state index contributed by atoms with van der Waals surface area (Å²) in [6, 6.07) is 8.09. The standard InChI is InChI=1S/C11H12ClN3/c1-15(10-6-14-7-10)11-3-2-9(12)4-8(11)5-13/h2-4,10,14H,6-7H2,1H3. The molecule has 0 aromatic heterocycles. The fourth-order valence-corrected chi connectivity index (χ4v) is 1.82. The van der Waals surface area contributed by atoms with E-state index in [2.05, 4.69) is 16.3 Å². The van der Waals surface area contributed by atoms with E-state index in [1.807, 2.05) is 19.2 Å². The second kappa shape index (κ2) is 4.09. The van der Waals surface area contributed by atoms with Crippen LogP contribution in [-0.4, -0.2) is 26.2 Å². The summed E-state index contributed by atoms with van der Waals surface area (Å²) in [5.74, 6) is 0. The highest BCUT2D eigenvalue weighted by molar-refractivity contribution is 6.30. The highest BCUT2D eigenvalue weighted by Gasteiger charge is 2.23. The summed E-state index contributed by atoms with van der Waals surface area (Å²) in [6.45, 7) is 1.95. The van der Waals surface area contributed by atoms with Gasteiger partial charge < -0.3 is 10.2 Å². The summed E-state index contributed by atoms with van der Waals surface area (Å²) in [4.78, 5) is 2.13. The zero-order valence-electron chi connectivity index (χ0n) is 8.50. The molecule has 0 bridgehead atoms. The molecule has 0 aliphatic carbocycles. The molecule has 1 aliphatic rings. The normalized spacial score (nSPS) is 15.5. The number of rotatable bonds is 2. The van der Waals surface area contributed by atoms with Crippen molar-refractivity contribution in [1.29, 1.82) is 5.26 Å². The Morgan fingerprint density at radius 2 is 2.27 bits per heavy atom. The molecule has 1 heterocycles. The van der Waals surface area contributed by atoms with Gasteiger partial charge in [0.2, 0.25) is 0 Å². The van der Waals surface area contributed by atoms with Crippen LogP contribution in [0.1, 0.15) is 5.56 Å². The molecular weight excluding hydrogens is 210 g/mol. The predicted octanol–water partition coefficient (Wildman–Crippen LogP) is 1.62. The molecule has 1 N–H and O–H groups in total. The van der Waals surface area contributed by atoms with Crippen LogP contribution in [0.2, 0.25) is 5.02 Å². The molecule has 0 radical (unpaired) electrons. The lowest BCUT2D eigenvalue weighted by Crippen LogP contribution is -2.56. The molecule has 1 fully saturated rings. The third-order valence-electron chi connectivity index (χ3n) is 2.77. The van der Waals surface area contributed by atoms with Crippen molar-refractivity contribution < 1.29 is 0 Å². The van der Waals surface area contributed by atoms with Gasteiger partial charge in [0.05, 0.1) is 17.3 Å². The van der Waals surface area contributed by atoms with Gasteiger partial charge in [-0.15, -0.1) is 0 Å². The third kappa shape index (κ3) is 1.92. The van der Waals surface area contributed by atoms with Crippen molar-refractivity contribution in [2.75, 3.05) is 25.0 Å². The Morgan fingerprint density at radius 3 is 2.80 bits per heavy atom. The molecule has 1 aromatic rings. The Balaban J connectivity index is 2.30. The van der Waals surface area contributed by atoms with E-state index in [0.29, 0.717) is 16.6 Å². The largest absolute Gasteiger partial charge is 0.368 e. The first-order chi connectivity index (χ1) is 7.22. The first-order valence-electron chi connectivity index (χ1n) is 4.85. The maximum atomic E-state index is 9.01. The van der Waals surface area contributed by atoms with Gasteiger partial charge in [0, 0.05) is 25.2 Å². The summed E-state index contributed by atoms with van der Waals surface area (Å²) in [5, 5.41) is 12.8. The first-order valence-corrected chi connectivity index (χ1v) is 5.23. The van der Waals surface area contributed by atoms with Crippen molar-refractivity contribution in [1.82, 2.24) is 5.32 Å². The van der Waals surface area contributed by atoms with Crippen molar-refractivity contribution in [2.45, 2.75) is 6.04 Å². The number of nitrogens with zero attached hydrogens (tertiary/aromatic N) is 2. The van der Waals surface area contributed by atoms with Crippen LogP contribution in [0.4, 0.5) is 5.69 Å². The Labute approximate surface area is 94.3 Å². The maximum absolute atomic E-state index is 9.01. The van der Waals surface area contributed by atoms with Crippen LogP contribution in [0.3, 0.4) is 0 Å².